The Morgan fingerprint density at radius 1 is 1.32 bits per heavy atom. The smallest absolute Gasteiger partial charge is 0.290 e. The summed E-state index contributed by atoms with van der Waals surface area (Å²) in [7, 11) is 0. The molecule has 0 saturated carbocycles. The van der Waals surface area contributed by atoms with Crippen LogP contribution >= 0.6 is 11.8 Å². The van der Waals surface area contributed by atoms with Crippen LogP contribution in [0.3, 0.4) is 0 Å². The molecule has 1 N–H and O–H groups in total. The van der Waals surface area contributed by atoms with Crippen molar-refractivity contribution in [3.05, 3.63) is 59.3 Å². The summed E-state index contributed by atoms with van der Waals surface area (Å²) in [5.41, 5.74) is 1.44. The maximum atomic E-state index is 12.5. The van der Waals surface area contributed by atoms with Gasteiger partial charge in [-0.3, -0.25) is 4.79 Å². The van der Waals surface area contributed by atoms with E-state index < -0.39 is 11.7 Å². The summed E-state index contributed by atoms with van der Waals surface area (Å²) in [4.78, 5) is 15.9. The first-order chi connectivity index (χ1) is 10.6. The minimum atomic E-state index is -2.64. The highest BCUT2D eigenvalue weighted by molar-refractivity contribution is 7.99. The van der Waals surface area contributed by atoms with Crippen molar-refractivity contribution in [1.29, 1.82) is 5.26 Å². The van der Waals surface area contributed by atoms with Gasteiger partial charge in [0, 0.05) is 12.7 Å². The number of hydrogen-bond donors (Lipinski definition) is 1. The predicted molar refractivity (Wildman–Crippen MR) is 78.4 cm³/mol. The number of nitrogens with one attached hydrogen (secondary N) is 1. The molecule has 1 amide bonds. The normalized spacial score (nSPS) is 10.3. The zero-order valence-electron chi connectivity index (χ0n) is 11.3. The van der Waals surface area contributed by atoms with Crippen LogP contribution < -0.4 is 5.32 Å². The average molecular weight is 319 g/mol. The molecule has 0 aliphatic carbocycles. The number of alkyl halides is 2. The summed E-state index contributed by atoms with van der Waals surface area (Å²) >= 11 is 0.239. The number of hydrogen-bond acceptors (Lipinski definition) is 4. The molecule has 0 unspecified atom stereocenters. The number of halogens is 2. The van der Waals surface area contributed by atoms with Crippen molar-refractivity contribution in [3.63, 3.8) is 0 Å². The third kappa shape index (κ3) is 4.27. The van der Waals surface area contributed by atoms with E-state index in [1.165, 1.54) is 18.3 Å². The molecule has 1 aromatic carbocycles. The summed E-state index contributed by atoms with van der Waals surface area (Å²) in [6.45, 7) is 0.234. The SMILES string of the molecule is N#Cc1ccc(CNC(=O)c2cccnc2SC(F)F)cc1. The molecule has 0 bridgehead atoms. The molecule has 1 heterocycles. The Bertz CT molecular complexity index is 699. The maximum Gasteiger partial charge on any atom is 0.290 e. The summed E-state index contributed by atoms with van der Waals surface area (Å²) in [6.07, 6.45) is 1.36. The lowest BCUT2D eigenvalue weighted by Crippen LogP contribution is -2.23. The molecule has 1 aromatic heterocycles. The zero-order chi connectivity index (χ0) is 15.9. The number of rotatable bonds is 5. The summed E-state index contributed by atoms with van der Waals surface area (Å²) < 4.78 is 24.9. The van der Waals surface area contributed by atoms with E-state index in [2.05, 4.69) is 10.3 Å². The van der Waals surface area contributed by atoms with Gasteiger partial charge in [-0.2, -0.15) is 14.0 Å². The summed E-state index contributed by atoms with van der Waals surface area (Å²) in [5.74, 6) is -3.11. The molecule has 0 radical (unpaired) electrons. The van der Waals surface area contributed by atoms with Gasteiger partial charge in [-0.05, 0) is 41.6 Å². The van der Waals surface area contributed by atoms with E-state index in [1.54, 1.807) is 24.3 Å². The van der Waals surface area contributed by atoms with Gasteiger partial charge in [0.25, 0.3) is 11.7 Å². The number of aromatic nitrogens is 1. The Morgan fingerprint density at radius 2 is 2.05 bits per heavy atom. The molecule has 0 aliphatic heterocycles. The van der Waals surface area contributed by atoms with Gasteiger partial charge in [-0.1, -0.05) is 12.1 Å². The number of benzene rings is 1. The molecule has 2 rings (SSSR count). The van der Waals surface area contributed by atoms with Crippen molar-refractivity contribution in [3.8, 4) is 6.07 Å². The fourth-order valence-corrected chi connectivity index (χ4v) is 2.29. The van der Waals surface area contributed by atoms with Crippen LogP contribution in [-0.2, 0) is 6.54 Å². The monoisotopic (exact) mass is 319 g/mol. The Hall–Kier alpha value is -2.46. The number of thioether (sulfide) groups is 1. The van der Waals surface area contributed by atoms with E-state index in [-0.39, 0.29) is 28.9 Å². The van der Waals surface area contributed by atoms with Crippen molar-refractivity contribution < 1.29 is 13.6 Å². The van der Waals surface area contributed by atoms with Crippen LogP contribution in [0.15, 0.2) is 47.6 Å². The third-order valence-electron chi connectivity index (χ3n) is 2.75. The van der Waals surface area contributed by atoms with E-state index in [9.17, 15) is 13.6 Å². The van der Waals surface area contributed by atoms with E-state index in [4.69, 9.17) is 5.26 Å². The van der Waals surface area contributed by atoms with Crippen LogP contribution in [0.25, 0.3) is 0 Å². The second-order valence-electron chi connectivity index (χ2n) is 4.23. The van der Waals surface area contributed by atoms with Crippen LogP contribution in [0.4, 0.5) is 8.78 Å². The lowest BCUT2D eigenvalue weighted by atomic mass is 10.1. The molecular formula is C15H11F2N3OS. The Kier molecular flexibility index (Phi) is 5.44. The number of amides is 1. The third-order valence-corrected chi connectivity index (χ3v) is 3.48. The molecule has 112 valence electrons. The summed E-state index contributed by atoms with van der Waals surface area (Å²) in [6, 6.07) is 11.7. The quantitative estimate of drug-likeness (QED) is 0.860. The lowest BCUT2D eigenvalue weighted by molar-refractivity contribution is 0.0947. The number of pyridine rings is 1. The maximum absolute atomic E-state index is 12.5. The van der Waals surface area contributed by atoms with Crippen molar-refractivity contribution in [1.82, 2.24) is 10.3 Å². The minimum absolute atomic E-state index is 0.00479. The van der Waals surface area contributed by atoms with Crippen LogP contribution in [-0.4, -0.2) is 16.6 Å². The molecule has 2 aromatic rings. The second kappa shape index (κ2) is 7.52. The van der Waals surface area contributed by atoms with Gasteiger partial charge in [-0.25, -0.2) is 4.98 Å². The van der Waals surface area contributed by atoms with Crippen LogP contribution in [0, 0.1) is 11.3 Å². The number of nitriles is 1. The average Bonchev–Trinajstić information content (AvgIpc) is 2.53. The molecule has 0 aliphatic rings. The largest absolute Gasteiger partial charge is 0.348 e. The molecular weight excluding hydrogens is 308 g/mol. The zero-order valence-corrected chi connectivity index (χ0v) is 12.1. The standard InChI is InChI=1S/C15H11F2N3OS/c16-15(17)22-14-12(2-1-7-19-14)13(21)20-9-11-5-3-10(8-18)4-6-11/h1-7,15H,9H2,(H,20,21). The van der Waals surface area contributed by atoms with Crippen LogP contribution in [0.5, 0.6) is 0 Å². The van der Waals surface area contributed by atoms with Gasteiger partial charge in [0.2, 0.25) is 0 Å². The van der Waals surface area contributed by atoms with E-state index in [0.29, 0.717) is 5.56 Å². The van der Waals surface area contributed by atoms with E-state index in [1.807, 2.05) is 6.07 Å². The van der Waals surface area contributed by atoms with Gasteiger partial charge in [-0.15, -0.1) is 0 Å². The number of carbonyl (C=O) groups is 1. The highest BCUT2D eigenvalue weighted by Gasteiger charge is 2.16. The van der Waals surface area contributed by atoms with Gasteiger partial charge in [0.1, 0.15) is 5.03 Å². The molecule has 0 spiro atoms. The predicted octanol–water partition coefficient (Wildman–Crippen LogP) is 3.20. The molecule has 0 fully saturated rings. The van der Waals surface area contributed by atoms with Crippen molar-refractivity contribution in [2.75, 3.05) is 0 Å². The topological polar surface area (TPSA) is 65.8 Å². The second-order valence-corrected chi connectivity index (χ2v) is 5.20. The highest BCUT2D eigenvalue weighted by Crippen LogP contribution is 2.26. The Morgan fingerprint density at radius 3 is 2.68 bits per heavy atom. The van der Waals surface area contributed by atoms with Gasteiger partial charge >= 0.3 is 0 Å². The van der Waals surface area contributed by atoms with Crippen molar-refractivity contribution in [2.45, 2.75) is 17.3 Å². The number of nitrogens with zero attached hydrogens (tertiary/aromatic N) is 2. The van der Waals surface area contributed by atoms with Crippen molar-refractivity contribution >= 4 is 17.7 Å². The summed E-state index contributed by atoms with van der Waals surface area (Å²) in [5, 5.41) is 11.3. The van der Waals surface area contributed by atoms with Gasteiger partial charge in [0.05, 0.1) is 17.2 Å². The highest BCUT2D eigenvalue weighted by atomic mass is 32.2. The van der Waals surface area contributed by atoms with E-state index >= 15 is 0 Å². The number of carbonyl (C=O) groups excluding carboxylic acids is 1. The first kappa shape index (κ1) is 15.9. The van der Waals surface area contributed by atoms with Gasteiger partial charge in [0.15, 0.2) is 0 Å². The van der Waals surface area contributed by atoms with E-state index in [0.717, 1.165) is 5.56 Å². The molecule has 7 heteroatoms. The Labute approximate surface area is 130 Å². The fourth-order valence-electron chi connectivity index (χ4n) is 1.72. The lowest BCUT2D eigenvalue weighted by Gasteiger charge is -2.08. The Balaban J connectivity index is 2.04. The van der Waals surface area contributed by atoms with Gasteiger partial charge < -0.3 is 5.32 Å². The molecule has 0 saturated heterocycles. The van der Waals surface area contributed by atoms with Crippen LogP contribution in [0.2, 0.25) is 0 Å². The van der Waals surface area contributed by atoms with Crippen molar-refractivity contribution in [2.24, 2.45) is 0 Å². The first-order valence-corrected chi connectivity index (χ1v) is 7.15. The molecule has 22 heavy (non-hydrogen) atoms. The molecule has 0 atom stereocenters. The molecule has 4 nitrogen and oxygen atoms in total. The fraction of sp³-hybridized carbons (Fsp3) is 0.133. The van der Waals surface area contributed by atoms with Crippen LogP contribution in [0.1, 0.15) is 21.5 Å². The minimum Gasteiger partial charge on any atom is -0.348 e. The first-order valence-electron chi connectivity index (χ1n) is 6.27.